The zero-order chi connectivity index (χ0) is 18.1. The summed E-state index contributed by atoms with van der Waals surface area (Å²) in [6.45, 7) is 1.67. The van der Waals surface area contributed by atoms with Crippen molar-refractivity contribution in [3.8, 4) is 0 Å². The Morgan fingerprint density at radius 3 is 3.04 bits per heavy atom. The smallest absolute Gasteiger partial charge is 0.315 e. The van der Waals surface area contributed by atoms with E-state index in [1.807, 2.05) is 17.9 Å². The molecule has 1 aliphatic heterocycles. The number of aryl methyl sites for hydroxylation is 2. The number of aromatic nitrogens is 2. The SMILES string of the molecule is CN1CCCc2cc(CNC(=O)N[C@@H]3CCCc4c3cnn4C)ccc21. The van der Waals surface area contributed by atoms with Crippen LogP contribution in [0, 0.1) is 0 Å². The molecule has 138 valence electrons. The van der Waals surface area contributed by atoms with Crippen LogP contribution < -0.4 is 15.5 Å². The summed E-state index contributed by atoms with van der Waals surface area (Å²) in [7, 11) is 4.11. The maximum Gasteiger partial charge on any atom is 0.315 e. The van der Waals surface area contributed by atoms with Gasteiger partial charge in [0.25, 0.3) is 0 Å². The topological polar surface area (TPSA) is 62.2 Å². The van der Waals surface area contributed by atoms with E-state index in [0.29, 0.717) is 6.54 Å². The third-order valence-electron chi connectivity index (χ3n) is 5.63. The Hall–Kier alpha value is -2.50. The number of carbonyl (C=O) groups is 1. The third kappa shape index (κ3) is 3.28. The molecule has 2 aromatic rings. The number of anilines is 1. The van der Waals surface area contributed by atoms with E-state index in [0.717, 1.165) is 43.4 Å². The number of carbonyl (C=O) groups excluding carboxylic acids is 1. The van der Waals surface area contributed by atoms with Crippen molar-refractivity contribution >= 4 is 11.7 Å². The molecule has 1 atom stereocenters. The molecule has 2 amide bonds. The first-order chi connectivity index (χ1) is 12.6. The van der Waals surface area contributed by atoms with Gasteiger partial charge in [0, 0.05) is 44.1 Å². The van der Waals surface area contributed by atoms with Crippen molar-refractivity contribution in [2.24, 2.45) is 7.05 Å². The zero-order valence-corrected chi connectivity index (χ0v) is 15.6. The molecule has 0 spiro atoms. The van der Waals surface area contributed by atoms with Crippen LogP contribution in [0.15, 0.2) is 24.4 Å². The lowest BCUT2D eigenvalue weighted by molar-refractivity contribution is 0.235. The van der Waals surface area contributed by atoms with Gasteiger partial charge in [0.1, 0.15) is 0 Å². The molecule has 0 fully saturated rings. The van der Waals surface area contributed by atoms with Gasteiger partial charge >= 0.3 is 6.03 Å². The fourth-order valence-electron chi connectivity index (χ4n) is 4.20. The first-order valence-electron chi connectivity index (χ1n) is 9.50. The predicted molar refractivity (Wildman–Crippen MR) is 102 cm³/mol. The lowest BCUT2D eigenvalue weighted by atomic mass is 9.93. The molecule has 6 heteroatoms. The van der Waals surface area contributed by atoms with Gasteiger partial charge in [-0.05, 0) is 49.3 Å². The molecule has 0 saturated heterocycles. The molecule has 2 heterocycles. The van der Waals surface area contributed by atoms with Gasteiger partial charge in [-0.2, -0.15) is 5.10 Å². The zero-order valence-electron chi connectivity index (χ0n) is 15.6. The quantitative estimate of drug-likeness (QED) is 0.892. The van der Waals surface area contributed by atoms with E-state index in [1.165, 1.54) is 23.4 Å². The van der Waals surface area contributed by atoms with Crippen LogP contribution in [0.1, 0.15) is 47.7 Å². The lowest BCUT2D eigenvalue weighted by Gasteiger charge is -2.28. The largest absolute Gasteiger partial charge is 0.374 e. The number of fused-ring (bicyclic) bond motifs is 2. The van der Waals surface area contributed by atoms with Gasteiger partial charge in [0.2, 0.25) is 0 Å². The van der Waals surface area contributed by atoms with Crippen LogP contribution in [0.25, 0.3) is 0 Å². The summed E-state index contributed by atoms with van der Waals surface area (Å²) in [5.41, 5.74) is 6.24. The molecule has 0 saturated carbocycles. The number of hydrogen-bond acceptors (Lipinski definition) is 3. The van der Waals surface area contributed by atoms with Gasteiger partial charge < -0.3 is 15.5 Å². The maximum absolute atomic E-state index is 12.4. The van der Waals surface area contributed by atoms with E-state index >= 15 is 0 Å². The third-order valence-corrected chi connectivity index (χ3v) is 5.63. The van der Waals surface area contributed by atoms with Crippen molar-refractivity contribution in [3.05, 3.63) is 46.8 Å². The van der Waals surface area contributed by atoms with Crippen LogP contribution in [0.2, 0.25) is 0 Å². The van der Waals surface area contributed by atoms with Crippen molar-refractivity contribution in [1.29, 1.82) is 0 Å². The van der Waals surface area contributed by atoms with Gasteiger partial charge in [0.05, 0.1) is 12.2 Å². The Morgan fingerprint density at radius 2 is 2.15 bits per heavy atom. The Morgan fingerprint density at radius 1 is 1.27 bits per heavy atom. The molecule has 6 nitrogen and oxygen atoms in total. The number of rotatable bonds is 3. The first kappa shape index (κ1) is 16.9. The molecule has 1 aromatic carbocycles. The van der Waals surface area contributed by atoms with Crippen LogP contribution in [-0.4, -0.2) is 29.4 Å². The standard InChI is InChI=1S/C20H27N5O/c1-24-10-4-5-15-11-14(8-9-18(15)24)12-21-20(26)23-17-6-3-7-19-16(17)13-22-25(19)2/h8-9,11,13,17H,3-7,10,12H2,1-2H3,(H2,21,23,26)/t17-/m1/s1. The number of nitrogens with one attached hydrogen (secondary N) is 2. The predicted octanol–water partition coefficient (Wildman–Crippen LogP) is 2.68. The normalized spacial score (nSPS) is 18.8. The number of amides is 2. The second-order valence-electron chi connectivity index (χ2n) is 7.43. The Labute approximate surface area is 154 Å². The minimum atomic E-state index is -0.110. The highest BCUT2D eigenvalue weighted by Crippen LogP contribution is 2.29. The van der Waals surface area contributed by atoms with Gasteiger partial charge in [-0.1, -0.05) is 12.1 Å². The van der Waals surface area contributed by atoms with Gasteiger partial charge in [-0.15, -0.1) is 0 Å². The molecular weight excluding hydrogens is 326 g/mol. The summed E-state index contributed by atoms with van der Waals surface area (Å²) in [4.78, 5) is 14.7. The highest BCUT2D eigenvalue weighted by Gasteiger charge is 2.24. The highest BCUT2D eigenvalue weighted by atomic mass is 16.2. The number of hydrogen-bond donors (Lipinski definition) is 2. The molecule has 1 aliphatic carbocycles. The first-order valence-corrected chi connectivity index (χ1v) is 9.50. The summed E-state index contributed by atoms with van der Waals surface area (Å²) in [5, 5.41) is 10.5. The van der Waals surface area contributed by atoms with Crippen molar-refractivity contribution in [2.75, 3.05) is 18.5 Å². The second-order valence-corrected chi connectivity index (χ2v) is 7.43. The van der Waals surface area contributed by atoms with E-state index < -0.39 is 0 Å². The fraction of sp³-hybridized carbons (Fsp3) is 0.500. The fourth-order valence-corrected chi connectivity index (χ4v) is 4.20. The monoisotopic (exact) mass is 353 g/mol. The Kier molecular flexibility index (Phi) is 4.57. The molecule has 4 rings (SSSR count). The summed E-state index contributed by atoms with van der Waals surface area (Å²) in [5.74, 6) is 0. The Bertz CT molecular complexity index is 813. The molecule has 1 aromatic heterocycles. The van der Waals surface area contributed by atoms with Crippen LogP contribution in [-0.2, 0) is 26.4 Å². The number of urea groups is 1. The van der Waals surface area contributed by atoms with Crippen LogP contribution in [0.4, 0.5) is 10.5 Å². The second kappa shape index (κ2) is 7.02. The van der Waals surface area contributed by atoms with Crippen molar-refractivity contribution < 1.29 is 4.79 Å². The summed E-state index contributed by atoms with van der Waals surface area (Å²) >= 11 is 0. The minimum absolute atomic E-state index is 0.0598. The Balaban J connectivity index is 1.36. The van der Waals surface area contributed by atoms with Crippen molar-refractivity contribution in [2.45, 2.75) is 44.7 Å². The van der Waals surface area contributed by atoms with Crippen LogP contribution in [0.5, 0.6) is 0 Å². The number of benzene rings is 1. The molecule has 2 aliphatic rings. The average Bonchev–Trinajstić information content (AvgIpc) is 3.02. The number of nitrogens with zero attached hydrogens (tertiary/aromatic N) is 3. The molecule has 0 unspecified atom stereocenters. The van der Waals surface area contributed by atoms with Gasteiger partial charge in [-0.3, -0.25) is 4.68 Å². The van der Waals surface area contributed by atoms with Crippen LogP contribution in [0.3, 0.4) is 0 Å². The van der Waals surface area contributed by atoms with Crippen molar-refractivity contribution in [3.63, 3.8) is 0 Å². The minimum Gasteiger partial charge on any atom is -0.374 e. The van der Waals surface area contributed by atoms with E-state index in [9.17, 15) is 4.79 Å². The molecular formula is C20H27N5O. The molecule has 26 heavy (non-hydrogen) atoms. The molecule has 0 bridgehead atoms. The van der Waals surface area contributed by atoms with E-state index in [1.54, 1.807) is 0 Å². The maximum atomic E-state index is 12.4. The van der Waals surface area contributed by atoms with E-state index in [4.69, 9.17) is 0 Å². The molecule has 2 N–H and O–H groups in total. The van der Waals surface area contributed by atoms with Gasteiger partial charge in [-0.25, -0.2) is 4.79 Å². The van der Waals surface area contributed by atoms with Gasteiger partial charge in [0.15, 0.2) is 0 Å². The van der Waals surface area contributed by atoms with Crippen LogP contribution >= 0.6 is 0 Å². The highest BCUT2D eigenvalue weighted by molar-refractivity contribution is 5.74. The average molecular weight is 353 g/mol. The van der Waals surface area contributed by atoms with Crippen molar-refractivity contribution in [1.82, 2.24) is 20.4 Å². The summed E-state index contributed by atoms with van der Waals surface area (Å²) in [6.07, 6.45) is 7.28. The van der Waals surface area contributed by atoms with E-state index in [-0.39, 0.29) is 12.1 Å². The molecule has 0 radical (unpaired) electrons. The summed E-state index contributed by atoms with van der Waals surface area (Å²) < 4.78 is 1.92. The summed E-state index contributed by atoms with van der Waals surface area (Å²) in [6, 6.07) is 6.46. The van der Waals surface area contributed by atoms with E-state index in [2.05, 4.69) is 45.9 Å². The lowest BCUT2D eigenvalue weighted by Crippen LogP contribution is -2.38.